The predicted octanol–water partition coefficient (Wildman–Crippen LogP) is 3.22. The molecule has 1 aromatic heterocycles. The molecule has 96 valence electrons. The van der Waals surface area contributed by atoms with Gasteiger partial charge in [0.25, 0.3) is 0 Å². The number of nitrogens with zero attached hydrogens (tertiary/aromatic N) is 1. The van der Waals surface area contributed by atoms with Crippen LogP contribution in [0, 0.1) is 5.82 Å². The van der Waals surface area contributed by atoms with Crippen molar-refractivity contribution in [3.8, 4) is 16.3 Å². The number of thiazole rings is 1. The number of nitrogens with two attached hydrogens (primary N) is 1. The van der Waals surface area contributed by atoms with Crippen molar-refractivity contribution in [3.05, 3.63) is 33.5 Å². The van der Waals surface area contributed by atoms with Gasteiger partial charge in [0.05, 0.1) is 7.11 Å². The van der Waals surface area contributed by atoms with E-state index in [-0.39, 0.29) is 11.6 Å². The van der Waals surface area contributed by atoms with Crippen molar-refractivity contribution in [2.24, 2.45) is 5.73 Å². The Morgan fingerprint density at radius 2 is 2.28 bits per heavy atom. The maximum absolute atomic E-state index is 13.6. The van der Waals surface area contributed by atoms with Crippen LogP contribution < -0.4 is 10.5 Å². The number of methoxy groups -OCH3 is 1. The molecule has 0 unspecified atom stereocenters. The van der Waals surface area contributed by atoms with E-state index < -0.39 is 0 Å². The highest BCUT2D eigenvalue weighted by molar-refractivity contribution is 9.10. The molecule has 18 heavy (non-hydrogen) atoms. The van der Waals surface area contributed by atoms with Crippen LogP contribution in [0.15, 0.2) is 22.8 Å². The Morgan fingerprint density at radius 1 is 1.50 bits per heavy atom. The van der Waals surface area contributed by atoms with E-state index in [0.717, 1.165) is 26.5 Å². The summed E-state index contributed by atoms with van der Waals surface area (Å²) in [5.41, 5.74) is 6.26. The molecular weight excluding hydrogens is 319 g/mol. The highest BCUT2D eigenvalue weighted by atomic mass is 79.9. The van der Waals surface area contributed by atoms with Crippen molar-refractivity contribution in [1.29, 1.82) is 0 Å². The van der Waals surface area contributed by atoms with E-state index in [0.29, 0.717) is 6.54 Å². The molecule has 1 aromatic carbocycles. The molecule has 0 radical (unpaired) electrons. The minimum absolute atomic E-state index is 0.233. The van der Waals surface area contributed by atoms with Gasteiger partial charge in [-0.25, -0.2) is 9.37 Å². The highest BCUT2D eigenvalue weighted by Crippen LogP contribution is 2.33. The zero-order chi connectivity index (χ0) is 13.1. The minimum atomic E-state index is -0.387. The first-order valence-electron chi connectivity index (χ1n) is 5.35. The van der Waals surface area contributed by atoms with Crippen LogP contribution in [0.3, 0.4) is 0 Å². The van der Waals surface area contributed by atoms with Gasteiger partial charge in [-0.1, -0.05) is 0 Å². The number of rotatable bonds is 4. The van der Waals surface area contributed by atoms with Crippen molar-refractivity contribution < 1.29 is 9.13 Å². The zero-order valence-electron chi connectivity index (χ0n) is 9.74. The topological polar surface area (TPSA) is 48.1 Å². The fourth-order valence-electron chi connectivity index (χ4n) is 1.54. The lowest BCUT2D eigenvalue weighted by atomic mass is 10.2. The number of hydrogen-bond donors (Lipinski definition) is 1. The molecule has 0 atom stereocenters. The largest absolute Gasteiger partial charge is 0.494 e. The first-order chi connectivity index (χ1) is 8.65. The molecule has 0 aliphatic carbocycles. The summed E-state index contributed by atoms with van der Waals surface area (Å²) >= 11 is 4.90. The summed E-state index contributed by atoms with van der Waals surface area (Å²) in [7, 11) is 1.44. The summed E-state index contributed by atoms with van der Waals surface area (Å²) in [6, 6.07) is 4.82. The molecule has 0 saturated heterocycles. The third-order valence-electron chi connectivity index (χ3n) is 2.42. The first kappa shape index (κ1) is 13.5. The molecule has 0 aliphatic heterocycles. The Morgan fingerprint density at radius 3 is 2.89 bits per heavy atom. The summed E-state index contributed by atoms with van der Waals surface area (Å²) in [6.45, 7) is 0.567. The Hall–Kier alpha value is -0.980. The van der Waals surface area contributed by atoms with Crippen molar-refractivity contribution >= 4 is 27.3 Å². The zero-order valence-corrected chi connectivity index (χ0v) is 12.1. The number of benzene rings is 1. The van der Waals surface area contributed by atoms with Gasteiger partial charge in [-0.05, 0) is 47.1 Å². The number of ether oxygens (including phenoxy) is 1. The van der Waals surface area contributed by atoms with Gasteiger partial charge in [-0.15, -0.1) is 11.3 Å². The van der Waals surface area contributed by atoms with Gasteiger partial charge in [0.15, 0.2) is 11.6 Å². The fraction of sp³-hybridized carbons (Fsp3) is 0.250. The molecule has 0 spiro atoms. The van der Waals surface area contributed by atoms with Gasteiger partial charge < -0.3 is 10.5 Å². The van der Waals surface area contributed by atoms with Gasteiger partial charge in [-0.2, -0.15) is 0 Å². The maximum atomic E-state index is 13.6. The van der Waals surface area contributed by atoms with Gasteiger partial charge in [0, 0.05) is 10.4 Å². The first-order valence-corrected chi connectivity index (χ1v) is 6.96. The van der Waals surface area contributed by atoms with Crippen molar-refractivity contribution in [1.82, 2.24) is 4.98 Å². The summed E-state index contributed by atoms with van der Waals surface area (Å²) in [5.74, 6) is -0.154. The van der Waals surface area contributed by atoms with Crippen LogP contribution in [0.5, 0.6) is 5.75 Å². The average molecular weight is 331 g/mol. The number of hydrogen-bond acceptors (Lipinski definition) is 4. The van der Waals surface area contributed by atoms with Crippen LogP contribution in [0.2, 0.25) is 0 Å². The van der Waals surface area contributed by atoms with E-state index >= 15 is 0 Å². The third kappa shape index (κ3) is 2.71. The normalized spacial score (nSPS) is 10.7. The second-order valence-electron chi connectivity index (χ2n) is 3.62. The minimum Gasteiger partial charge on any atom is -0.494 e. The molecule has 0 saturated carbocycles. The molecule has 3 nitrogen and oxygen atoms in total. The van der Waals surface area contributed by atoms with Crippen molar-refractivity contribution in [2.45, 2.75) is 6.42 Å². The smallest absolute Gasteiger partial charge is 0.165 e. The average Bonchev–Trinajstić information content (AvgIpc) is 2.71. The van der Waals surface area contributed by atoms with Crippen molar-refractivity contribution in [3.63, 3.8) is 0 Å². The van der Waals surface area contributed by atoms with E-state index in [4.69, 9.17) is 10.5 Å². The lowest BCUT2D eigenvalue weighted by Gasteiger charge is -2.02. The molecule has 6 heteroatoms. The van der Waals surface area contributed by atoms with Gasteiger partial charge >= 0.3 is 0 Å². The molecule has 0 amide bonds. The van der Waals surface area contributed by atoms with Crippen LogP contribution >= 0.6 is 27.3 Å². The predicted molar refractivity (Wildman–Crippen MR) is 74.5 cm³/mol. The molecular formula is C12H12BrFN2OS. The van der Waals surface area contributed by atoms with E-state index in [1.807, 2.05) is 0 Å². The van der Waals surface area contributed by atoms with E-state index in [1.165, 1.54) is 24.5 Å². The van der Waals surface area contributed by atoms with E-state index in [2.05, 4.69) is 20.9 Å². The molecule has 0 bridgehead atoms. The van der Waals surface area contributed by atoms with Crippen LogP contribution in [0.25, 0.3) is 10.6 Å². The fourth-order valence-corrected chi connectivity index (χ4v) is 3.24. The maximum Gasteiger partial charge on any atom is 0.165 e. The summed E-state index contributed by atoms with van der Waals surface area (Å²) < 4.78 is 19.3. The monoisotopic (exact) mass is 330 g/mol. The molecule has 2 aromatic rings. The third-order valence-corrected chi connectivity index (χ3v) is 4.50. The second kappa shape index (κ2) is 5.77. The molecule has 2 rings (SSSR count). The van der Waals surface area contributed by atoms with E-state index in [9.17, 15) is 4.39 Å². The number of aromatic nitrogens is 1. The Labute approximate surface area is 117 Å². The molecule has 1 heterocycles. The standard InChI is InChI=1S/C12H12BrFN2OS/c1-17-9-3-2-7(6-8(9)14)12-16-11(13)10(18-12)4-5-15/h2-3,6H,4-5,15H2,1H3. The van der Waals surface area contributed by atoms with E-state index in [1.54, 1.807) is 12.1 Å². The Kier molecular flexibility index (Phi) is 4.31. The summed E-state index contributed by atoms with van der Waals surface area (Å²) in [6.07, 6.45) is 0.761. The summed E-state index contributed by atoms with van der Waals surface area (Å²) in [5, 5.41) is 0.770. The second-order valence-corrected chi connectivity index (χ2v) is 5.46. The van der Waals surface area contributed by atoms with Crippen LogP contribution in [0.4, 0.5) is 4.39 Å². The van der Waals surface area contributed by atoms with Crippen LogP contribution in [-0.4, -0.2) is 18.6 Å². The van der Waals surface area contributed by atoms with Crippen LogP contribution in [0.1, 0.15) is 4.88 Å². The van der Waals surface area contributed by atoms with Crippen molar-refractivity contribution in [2.75, 3.05) is 13.7 Å². The van der Waals surface area contributed by atoms with Gasteiger partial charge in [0.1, 0.15) is 9.61 Å². The highest BCUT2D eigenvalue weighted by Gasteiger charge is 2.12. The SMILES string of the molecule is COc1ccc(-c2nc(Br)c(CCN)s2)cc1F. The lowest BCUT2D eigenvalue weighted by Crippen LogP contribution is -2.01. The number of halogens is 2. The molecule has 0 aliphatic rings. The van der Waals surface area contributed by atoms with Gasteiger partial charge in [-0.3, -0.25) is 0 Å². The quantitative estimate of drug-likeness (QED) is 0.936. The van der Waals surface area contributed by atoms with Crippen LogP contribution in [-0.2, 0) is 6.42 Å². The Balaban J connectivity index is 2.36. The molecule has 0 fully saturated rings. The Bertz CT molecular complexity index is 559. The molecule has 2 N–H and O–H groups in total. The van der Waals surface area contributed by atoms with Gasteiger partial charge in [0.2, 0.25) is 0 Å². The summed E-state index contributed by atoms with van der Waals surface area (Å²) in [4.78, 5) is 5.44. The lowest BCUT2D eigenvalue weighted by molar-refractivity contribution is 0.386.